The van der Waals surface area contributed by atoms with Crippen LogP contribution in [0.4, 0.5) is 0 Å². The minimum Gasteiger partial charge on any atom is -0.461 e. The van der Waals surface area contributed by atoms with Crippen LogP contribution >= 0.6 is 11.6 Å². The molecule has 3 nitrogen and oxygen atoms in total. The Bertz CT molecular complexity index is 767. The van der Waals surface area contributed by atoms with Gasteiger partial charge in [0, 0.05) is 22.4 Å². The molecule has 1 saturated heterocycles. The maximum atomic E-state index is 6.52. The number of nitrogens with one attached hydrogen (secondary N) is 1. The Kier molecular flexibility index (Phi) is 3.02. The molecule has 0 amide bonds. The lowest BCUT2D eigenvalue weighted by Gasteiger charge is -2.12. The first-order chi connectivity index (χ1) is 10.1. The number of fused-ring (bicyclic) bond motifs is 2. The summed E-state index contributed by atoms with van der Waals surface area (Å²) in [6, 6.07) is 4.58. The molecule has 2 aromatic heterocycles. The van der Waals surface area contributed by atoms with E-state index in [-0.39, 0.29) is 0 Å². The highest BCUT2D eigenvalue weighted by Crippen LogP contribution is 2.40. The fourth-order valence-corrected chi connectivity index (χ4v) is 3.71. The van der Waals surface area contributed by atoms with Crippen LogP contribution in [0.2, 0.25) is 5.02 Å². The third-order valence-electron chi connectivity index (χ3n) is 4.36. The minimum absolute atomic E-state index is 0.512. The lowest BCUT2D eigenvalue weighted by atomic mass is 9.99. The molecule has 1 unspecified atom stereocenters. The van der Waals surface area contributed by atoms with Crippen LogP contribution in [-0.2, 0) is 6.42 Å². The Morgan fingerprint density at radius 3 is 2.57 bits per heavy atom. The number of hydrogen-bond acceptors (Lipinski definition) is 3. The van der Waals surface area contributed by atoms with Crippen LogP contribution in [0, 0.1) is 13.8 Å². The lowest BCUT2D eigenvalue weighted by molar-refractivity contribution is 0.561. The van der Waals surface area contributed by atoms with E-state index >= 15 is 0 Å². The number of hydrogen-bond donors (Lipinski definition) is 1. The molecule has 1 fully saturated rings. The number of rotatable bonds is 2. The highest BCUT2D eigenvalue weighted by atomic mass is 35.5. The van der Waals surface area contributed by atoms with E-state index in [9.17, 15) is 0 Å². The lowest BCUT2D eigenvalue weighted by Crippen LogP contribution is -2.23. The Labute approximate surface area is 128 Å². The van der Waals surface area contributed by atoms with Gasteiger partial charge in [-0.05, 0) is 51.8 Å². The predicted octanol–water partition coefficient (Wildman–Crippen LogP) is 4.74. The standard InChI is InChI=1S/C17H18ClNO2/c1-9-6-12-13(8-11-4-3-5-19-11)16-14(7-10(2)20-16)15(18)17(12)21-9/h6-7,11,19H,3-5,8H2,1-2H3. The van der Waals surface area contributed by atoms with Crippen molar-refractivity contribution in [2.45, 2.75) is 39.2 Å². The van der Waals surface area contributed by atoms with Gasteiger partial charge in [0.2, 0.25) is 0 Å². The molecule has 4 rings (SSSR count). The molecule has 1 aliphatic rings. The number of halogens is 1. The molecule has 1 atom stereocenters. The van der Waals surface area contributed by atoms with Gasteiger partial charge in [-0.3, -0.25) is 0 Å². The van der Waals surface area contributed by atoms with Gasteiger partial charge in [0.15, 0.2) is 5.58 Å². The fraction of sp³-hybridized carbons (Fsp3) is 0.412. The monoisotopic (exact) mass is 303 g/mol. The first-order valence-electron chi connectivity index (χ1n) is 7.47. The van der Waals surface area contributed by atoms with Crippen LogP contribution in [0.5, 0.6) is 0 Å². The molecule has 1 N–H and O–H groups in total. The third kappa shape index (κ3) is 2.07. The average molecular weight is 304 g/mol. The van der Waals surface area contributed by atoms with E-state index < -0.39 is 0 Å². The van der Waals surface area contributed by atoms with Crippen LogP contribution in [0.25, 0.3) is 21.9 Å². The van der Waals surface area contributed by atoms with Crippen molar-refractivity contribution in [1.82, 2.24) is 5.32 Å². The molecule has 3 aromatic rings. The third-order valence-corrected chi connectivity index (χ3v) is 4.73. The van der Waals surface area contributed by atoms with Gasteiger partial charge in [0.25, 0.3) is 0 Å². The molecule has 1 aliphatic heterocycles. The second-order valence-electron chi connectivity index (χ2n) is 5.99. The molecule has 0 saturated carbocycles. The first-order valence-corrected chi connectivity index (χ1v) is 7.85. The number of aryl methyl sites for hydroxylation is 2. The quantitative estimate of drug-likeness (QED) is 0.743. The second kappa shape index (κ2) is 4.79. The van der Waals surface area contributed by atoms with Gasteiger partial charge < -0.3 is 14.2 Å². The number of benzene rings is 1. The molecule has 21 heavy (non-hydrogen) atoms. The van der Waals surface area contributed by atoms with E-state index in [1.807, 2.05) is 19.9 Å². The van der Waals surface area contributed by atoms with Gasteiger partial charge >= 0.3 is 0 Å². The van der Waals surface area contributed by atoms with E-state index in [1.165, 1.54) is 18.4 Å². The summed E-state index contributed by atoms with van der Waals surface area (Å²) in [4.78, 5) is 0. The second-order valence-corrected chi connectivity index (χ2v) is 6.37. The Morgan fingerprint density at radius 1 is 1.14 bits per heavy atom. The molecule has 0 radical (unpaired) electrons. The maximum Gasteiger partial charge on any atom is 0.154 e. The summed E-state index contributed by atoms with van der Waals surface area (Å²) >= 11 is 6.52. The fourth-order valence-electron chi connectivity index (χ4n) is 3.43. The van der Waals surface area contributed by atoms with Crippen molar-refractivity contribution in [2.24, 2.45) is 0 Å². The molecule has 0 spiro atoms. The van der Waals surface area contributed by atoms with Crippen LogP contribution in [-0.4, -0.2) is 12.6 Å². The summed E-state index contributed by atoms with van der Waals surface area (Å²) in [5.74, 6) is 1.77. The molecule has 0 aliphatic carbocycles. The van der Waals surface area contributed by atoms with Crippen LogP contribution in [0.1, 0.15) is 29.9 Å². The van der Waals surface area contributed by atoms with Gasteiger partial charge in [0.1, 0.15) is 17.1 Å². The van der Waals surface area contributed by atoms with Crippen molar-refractivity contribution in [3.63, 3.8) is 0 Å². The maximum absolute atomic E-state index is 6.52. The van der Waals surface area contributed by atoms with Crippen molar-refractivity contribution in [2.75, 3.05) is 6.54 Å². The molecule has 3 heterocycles. The SMILES string of the molecule is Cc1cc2c(CC3CCCN3)c3oc(C)cc3c(Cl)c2o1. The molecular weight excluding hydrogens is 286 g/mol. The zero-order valence-electron chi connectivity index (χ0n) is 12.3. The van der Waals surface area contributed by atoms with E-state index in [1.54, 1.807) is 0 Å². The van der Waals surface area contributed by atoms with E-state index in [4.69, 9.17) is 20.4 Å². The summed E-state index contributed by atoms with van der Waals surface area (Å²) < 4.78 is 11.8. The van der Waals surface area contributed by atoms with Crippen LogP contribution in [0.3, 0.4) is 0 Å². The zero-order chi connectivity index (χ0) is 14.6. The van der Waals surface area contributed by atoms with Crippen molar-refractivity contribution in [3.05, 3.63) is 34.2 Å². The largest absolute Gasteiger partial charge is 0.461 e. The Morgan fingerprint density at radius 2 is 1.86 bits per heavy atom. The highest BCUT2D eigenvalue weighted by molar-refractivity contribution is 6.40. The smallest absolute Gasteiger partial charge is 0.154 e. The molecule has 1 aromatic carbocycles. The van der Waals surface area contributed by atoms with Crippen molar-refractivity contribution in [3.8, 4) is 0 Å². The van der Waals surface area contributed by atoms with Gasteiger partial charge in [-0.15, -0.1) is 0 Å². The highest BCUT2D eigenvalue weighted by Gasteiger charge is 2.23. The van der Waals surface area contributed by atoms with Crippen molar-refractivity contribution >= 4 is 33.5 Å². The zero-order valence-corrected chi connectivity index (χ0v) is 13.0. The topological polar surface area (TPSA) is 38.3 Å². The normalized spacial score (nSPS) is 19.1. The average Bonchev–Trinajstić information content (AvgIpc) is 3.13. The van der Waals surface area contributed by atoms with Crippen LogP contribution in [0.15, 0.2) is 21.0 Å². The van der Waals surface area contributed by atoms with Crippen molar-refractivity contribution in [1.29, 1.82) is 0 Å². The summed E-state index contributed by atoms with van der Waals surface area (Å²) in [5, 5.41) is 6.27. The summed E-state index contributed by atoms with van der Waals surface area (Å²) in [6.45, 7) is 5.02. The summed E-state index contributed by atoms with van der Waals surface area (Å²) in [5.41, 5.74) is 2.92. The Balaban J connectivity index is 2.00. The van der Waals surface area contributed by atoms with Gasteiger partial charge in [-0.2, -0.15) is 0 Å². The summed E-state index contributed by atoms with van der Waals surface area (Å²) in [7, 11) is 0. The molecule has 0 bridgehead atoms. The van der Waals surface area contributed by atoms with E-state index in [0.717, 1.165) is 46.4 Å². The van der Waals surface area contributed by atoms with Gasteiger partial charge in [-0.1, -0.05) is 11.6 Å². The number of furan rings is 2. The van der Waals surface area contributed by atoms with E-state index in [2.05, 4.69) is 11.4 Å². The van der Waals surface area contributed by atoms with E-state index in [0.29, 0.717) is 11.1 Å². The minimum atomic E-state index is 0.512. The first kappa shape index (κ1) is 13.2. The molecule has 110 valence electrons. The van der Waals surface area contributed by atoms with Crippen LogP contribution < -0.4 is 5.32 Å². The molecule has 4 heteroatoms. The van der Waals surface area contributed by atoms with Gasteiger partial charge in [-0.25, -0.2) is 0 Å². The Hall–Kier alpha value is -1.45. The predicted molar refractivity (Wildman–Crippen MR) is 85.2 cm³/mol. The van der Waals surface area contributed by atoms with Gasteiger partial charge in [0.05, 0.1) is 5.02 Å². The van der Waals surface area contributed by atoms with Crippen molar-refractivity contribution < 1.29 is 8.83 Å². The molecular formula is C17H18ClNO2. The summed E-state index contributed by atoms with van der Waals surface area (Å²) in [6.07, 6.45) is 3.41.